The molecule has 1 atom stereocenters. The first kappa shape index (κ1) is 17.0. The molecule has 2 saturated heterocycles. The predicted octanol–water partition coefficient (Wildman–Crippen LogP) is 1.47. The van der Waals surface area contributed by atoms with Crippen molar-refractivity contribution in [1.29, 1.82) is 0 Å². The van der Waals surface area contributed by atoms with Crippen molar-refractivity contribution in [1.82, 2.24) is 14.5 Å². The lowest BCUT2D eigenvalue weighted by Crippen LogP contribution is -2.45. The van der Waals surface area contributed by atoms with Crippen molar-refractivity contribution >= 4 is 5.97 Å². The number of aromatic nitrogens is 2. The number of hydrogen-bond acceptors (Lipinski definition) is 5. The van der Waals surface area contributed by atoms with Crippen LogP contribution in [0.4, 0.5) is 0 Å². The maximum atomic E-state index is 12.0. The molecule has 0 spiro atoms. The Labute approximate surface area is 147 Å². The number of hydrogen-bond donors (Lipinski definition) is 1. The Kier molecular flexibility index (Phi) is 5.05. The molecule has 0 aliphatic carbocycles. The summed E-state index contributed by atoms with van der Waals surface area (Å²) in [5.41, 5.74) is 1.86. The highest BCUT2D eigenvalue weighted by molar-refractivity contribution is 5.76. The van der Waals surface area contributed by atoms with Crippen LogP contribution in [0.2, 0.25) is 0 Å². The van der Waals surface area contributed by atoms with Crippen molar-refractivity contribution in [3.8, 4) is 0 Å². The first-order valence-corrected chi connectivity index (χ1v) is 9.38. The molecule has 2 fully saturated rings. The van der Waals surface area contributed by atoms with Crippen LogP contribution in [0.5, 0.6) is 0 Å². The van der Waals surface area contributed by atoms with Crippen LogP contribution in [0.15, 0.2) is 6.33 Å². The molecule has 7 heteroatoms. The van der Waals surface area contributed by atoms with E-state index in [1.807, 2.05) is 6.33 Å². The molecule has 1 aromatic heterocycles. The molecule has 0 saturated carbocycles. The first-order valence-electron chi connectivity index (χ1n) is 9.38. The molecular weight excluding hydrogens is 322 g/mol. The third-order valence-corrected chi connectivity index (χ3v) is 5.86. The summed E-state index contributed by atoms with van der Waals surface area (Å²) in [5.74, 6) is -0.685. The van der Waals surface area contributed by atoms with Crippen molar-refractivity contribution in [3.05, 3.63) is 17.7 Å². The van der Waals surface area contributed by atoms with Gasteiger partial charge in [0.25, 0.3) is 0 Å². The molecule has 0 unspecified atom stereocenters. The summed E-state index contributed by atoms with van der Waals surface area (Å²) >= 11 is 0. The molecule has 3 aliphatic rings. The Bertz CT molecular complexity index is 605. The molecule has 25 heavy (non-hydrogen) atoms. The van der Waals surface area contributed by atoms with Crippen molar-refractivity contribution in [3.63, 3.8) is 0 Å². The standard InChI is InChI=1S/C18H27N3O4/c22-18(23)15-10-20(14-3-7-25-8-4-14)11-16-17(15)21(12-19-16)9-13-1-5-24-6-2-13/h12-15H,1-11H2,(H,22,23)/t15-/m0/s1. The minimum absolute atomic E-state index is 0.407. The van der Waals surface area contributed by atoms with Gasteiger partial charge in [0.2, 0.25) is 0 Å². The zero-order valence-corrected chi connectivity index (χ0v) is 14.6. The summed E-state index contributed by atoms with van der Waals surface area (Å²) in [6, 6.07) is 0.407. The van der Waals surface area contributed by atoms with Gasteiger partial charge < -0.3 is 19.1 Å². The van der Waals surface area contributed by atoms with Crippen LogP contribution in [0.25, 0.3) is 0 Å². The van der Waals surface area contributed by atoms with Crippen molar-refractivity contribution < 1.29 is 19.4 Å². The molecule has 1 aromatic rings. The zero-order valence-electron chi connectivity index (χ0n) is 14.6. The molecule has 0 aromatic carbocycles. The average Bonchev–Trinajstić information content (AvgIpc) is 3.05. The first-order chi connectivity index (χ1) is 12.2. The Morgan fingerprint density at radius 3 is 2.52 bits per heavy atom. The zero-order chi connectivity index (χ0) is 17.2. The van der Waals surface area contributed by atoms with Crippen LogP contribution in [0, 0.1) is 5.92 Å². The van der Waals surface area contributed by atoms with E-state index in [1.165, 1.54) is 0 Å². The SMILES string of the molecule is O=C(O)[C@H]1CN(C2CCOCC2)Cc2ncn(CC3CCOCC3)c21. The normalized spacial score (nSPS) is 26.5. The second-order valence-corrected chi connectivity index (χ2v) is 7.45. The van der Waals surface area contributed by atoms with E-state index in [0.717, 1.165) is 76.6 Å². The third-order valence-electron chi connectivity index (χ3n) is 5.86. The minimum atomic E-state index is -0.744. The van der Waals surface area contributed by atoms with Crippen molar-refractivity contribution in [2.24, 2.45) is 5.92 Å². The Balaban J connectivity index is 1.54. The Morgan fingerprint density at radius 2 is 1.84 bits per heavy atom. The van der Waals surface area contributed by atoms with Crippen LogP contribution in [0.3, 0.4) is 0 Å². The summed E-state index contributed by atoms with van der Waals surface area (Å²) in [5, 5.41) is 9.84. The largest absolute Gasteiger partial charge is 0.481 e. The Hall–Kier alpha value is -1.44. The second-order valence-electron chi connectivity index (χ2n) is 7.45. The highest BCUT2D eigenvalue weighted by Crippen LogP contribution is 2.32. The van der Waals surface area contributed by atoms with Gasteiger partial charge >= 0.3 is 5.97 Å². The highest BCUT2D eigenvalue weighted by Gasteiger charge is 2.37. The molecule has 3 aliphatic heterocycles. The van der Waals surface area contributed by atoms with Gasteiger partial charge in [-0.2, -0.15) is 0 Å². The van der Waals surface area contributed by atoms with Gasteiger partial charge in [0, 0.05) is 52.1 Å². The molecule has 0 bridgehead atoms. The maximum absolute atomic E-state index is 12.0. The maximum Gasteiger partial charge on any atom is 0.313 e. The second kappa shape index (κ2) is 7.43. The lowest BCUT2D eigenvalue weighted by atomic mass is 9.94. The number of ether oxygens (including phenoxy) is 2. The van der Waals surface area contributed by atoms with Crippen LogP contribution < -0.4 is 0 Å². The monoisotopic (exact) mass is 349 g/mol. The van der Waals surface area contributed by atoms with Crippen molar-refractivity contribution in [2.75, 3.05) is 33.0 Å². The summed E-state index contributed by atoms with van der Waals surface area (Å²) in [6.45, 7) is 5.33. The van der Waals surface area contributed by atoms with E-state index >= 15 is 0 Å². The fourth-order valence-electron chi connectivity index (χ4n) is 4.41. The molecular formula is C18H27N3O4. The van der Waals surface area contributed by atoms with Crippen LogP contribution in [-0.4, -0.2) is 64.5 Å². The van der Waals surface area contributed by atoms with Crippen LogP contribution in [0.1, 0.15) is 43.0 Å². The summed E-state index contributed by atoms with van der Waals surface area (Å²) < 4.78 is 13.0. The van der Waals surface area contributed by atoms with Gasteiger partial charge in [0.05, 0.1) is 17.7 Å². The molecule has 4 heterocycles. The van der Waals surface area contributed by atoms with E-state index in [2.05, 4.69) is 14.5 Å². The number of carbonyl (C=O) groups is 1. The number of carboxylic acids is 1. The van der Waals surface area contributed by atoms with E-state index in [-0.39, 0.29) is 0 Å². The number of aliphatic carboxylic acids is 1. The van der Waals surface area contributed by atoms with Crippen LogP contribution >= 0.6 is 0 Å². The van der Waals surface area contributed by atoms with Gasteiger partial charge in [-0.15, -0.1) is 0 Å². The number of imidazole rings is 1. The average molecular weight is 349 g/mol. The van der Waals surface area contributed by atoms with Gasteiger partial charge in [-0.1, -0.05) is 0 Å². The van der Waals surface area contributed by atoms with E-state index in [9.17, 15) is 9.90 Å². The molecule has 4 rings (SSSR count). The van der Waals surface area contributed by atoms with Gasteiger partial charge in [-0.3, -0.25) is 9.69 Å². The lowest BCUT2D eigenvalue weighted by molar-refractivity contribution is -0.140. The summed E-state index contributed by atoms with van der Waals surface area (Å²) in [4.78, 5) is 18.9. The quantitative estimate of drug-likeness (QED) is 0.887. The van der Waals surface area contributed by atoms with Gasteiger partial charge in [-0.25, -0.2) is 4.98 Å². The fraction of sp³-hybridized carbons (Fsp3) is 0.778. The van der Waals surface area contributed by atoms with E-state index in [1.54, 1.807) is 0 Å². The van der Waals surface area contributed by atoms with E-state index in [0.29, 0.717) is 18.5 Å². The molecule has 0 amide bonds. The van der Waals surface area contributed by atoms with Crippen LogP contribution in [-0.2, 0) is 27.4 Å². The van der Waals surface area contributed by atoms with Crippen molar-refractivity contribution in [2.45, 2.75) is 50.7 Å². The molecule has 138 valence electrons. The van der Waals surface area contributed by atoms with E-state index < -0.39 is 11.9 Å². The van der Waals surface area contributed by atoms with Gasteiger partial charge in [0.15, 0.2) is 0 Å². The smallest absolute Gasteiger partial charge is 0.313 e. The number of nitrogens with zero attached hydrogens (tertiary/aromatic N) is 3. The number of fused-ring (bicyclic) bond motifs is 1. The topological polar surface area (TPSA) is 76.8 Å². The minimum Gasteiger partial charge on any atom is -0.481 e. The van der Waals surface area contributed by atoms with E-state index in [4.69, 9.17) is 9.47 Å². The predicted molar refractivity (Wildman–Crippen MR) is 90.4 cm³/mol. The van der Waals surface area contributed by atoms with Gasteiger partial charge in [-0.05, 0) is 31.6 Å². The lowest BCUT2D eigenvalue weighted by Gasteiger charge is -2.38. The molecule has 1 N–H and O–H groups in total. The molecule has 7 nitrogen and oxygen atoms in total. The molecule has 0 radical (unpaired) electrons. The highest BCUT2D eigenvalue weighted by atomic mass is 16.5. The summed E-state index contributed by atoms with van der Waals surface area (Å²) in [7, 11) is 0. The fourth-order valence-corrected chi connectivity index (χ4v) is 4.41. The number of carboxylic acid groups (broad SMARTS) is 1. The van der Waals surface area contributed by atoms with Gasteiger partial charge in [0.1, 0.15) is 5.92 Å². The summed E-state index contributed by atoms with van der Waals surface area (Å²) in [6.07, 6.45) is 5.89. The third kappa shape index (κ3) is 3.59. The Morgan fingerprint density at radius 1 is 1.16 bits per heavy atom. The number of rotatable bonds is 4.